The van der Waals surface area contributed by atoms with Crippen molar-refractivity contribution in [1.29, 1.82) is 0 Å². The van der Waals surface area contributed by atoms with E-state index in [-0.39, 0.29) is 17.4 Å². The molecule has 4 aromatic rings. The van der Waals surface area contributed by atoms with Crippen molar-refractivity contribution in [3.05, 3.63) is 71.1 Å². The second-order valence-corrected chi connectivity index (χ2v) is 8.77. The number of halogens is 3. The van der Waals surface area contributed by atoms with Crippen molar-refractivity contribution in [3.8, 4) is 11.3 Å². The first kappa shape index (κ1) is 22.3. The second-order valence-electron chi connectivity index (χ2n) is 8.77. The fraction of sp³-hybridized carbons (Fsp3) is 0.360. The number of imidazole rings is 1. The molecule has 3 heterocycles. The fourth-order valence-electron chi connectivity index (χ4n) is 4.46. The van der Waals surface area contributed by atoms with E-state index in [1.807, 2.05) is 32.0 Å². The topological polar surface area (TPSA) is 65.1 Å². The van der Waals surface area contributed by atoms with Crippen molar-refractivity contribution >= 4 is 11.4 Å². The highest BCUT2D eigenvalue weighted by atomic mass is 19.4. The molecule has 5 rings (SSSR count). The number of carbonyl (C=O) groups excluding carboxylic acids is 1. The summed E-state index contributed by atoms with van der Waals surface area (Å²) < 4.78 is 44.5. The second kappa shape index (κ2) is 8.38. The lowest BCUT2D eigenvalue weighted by molar-refractivity contribution is -0.141. The number of rotatable bonds is 6. The Kier molecular flexibility index (Phi) is 5.50. The van der Waals surface area contributed by atoms with Gasteiger partial charge >= 0.3 is 6.18 Å². The molecule has 1 fully saturated rings. The zero-order valence-corrected chi connectivity index (χ0v) is 18.9. The van der Waals surface area contributed by atoms with E-state index in [2.05, 4.69) is 15.1 Å². The lowest BCUT2D eigenvalue weighted by atomic mass is 9.93. The average molecular weight is 467 g/mol. The minimum Gasteiger partial charge on any atom is -0.296 e. The van der Waals surface area contributed by atoms with E-state index in [0.717, 1.165) is 30.4 Å². The number of Topliss-reactive ketones (excluding diaryl/α,β-unsaturated/α-hetero) is 1. The minimum absolute atomic E-state index is 0.0112. The van der Waals surface area contributed by atoms with Crippen molar-refractivity contribution < 1.29 is 18.0 Å². The van der Waals surface area contributed by atoms with Gasteiger partial charge < -0.3 is 0 Å². The smallest absolute Gasteiger partial charge is 0.296 e. The van der Waals surface area contributed by atoms with Gasteiger partial charge in [0, 0.05) is 37.0 Å². The highest BCUT2D eigenvalue weighted by molar-refractivity contribution is 5.97. The van der Waals surface area contributed by atoms with Crippen LogP contribution in [0.15, 0.2) is 43.0 Å². The molecule has 0 amide bonds. The largest absolute Gasteiger partial charge is 0.435 e. The number of aromatic nitrogens is 5. The number of benzene rings is 1. The van der Waals surface area contributed by atoms with E-state index in [9.17, 15) is 18.0 Å². The predicted octanol–water partition coefficient (Wildman–Crippen LogP) is 5.83. The first-order chi connectivity index (χ1) is 16.3. The number of ketones is 1. The summed E-state index contributed by atoms with van der Waals surface area (Å²) >= 11 is 0. The van der Waals surface area contributed by atoms with Gasteiger partial charge in [-0.05, 0) is 37.3 Å². The molecule has 0 radical (unpaired) electrons. The van der Waals surface area contributed by atoms with Crippen LogP contribution < -0.4 is 0 Å². The van der Waals surface area contributed by atoms with Gasteiger partial charge in [-0.2, -0.15) is 18.3 Å². The third kappa shape index (κ3) is 3.89. The minimum atomic E-state index is -4.57. The van der Waals surface area contributed by atoms with Crippen LogP contribution >= 0.6 is 0 Å². The molecule has 1 saturated carbocycles. The number of hydrogen-bond donors (Lipinski definition) is 0. The van der Waals surface area contributed by atoms with E-state index < -0.39 is 11.9 Å². The van der Waals surface area contributed by atoms with Crippen LogP contribution in [0.2, 0.25) is 0 Å². The van der Waals surface area contributed by atoms with Gasteiger partial charge in [-0.25, -0.2) is 4.98 Å². The molecule has 3 aromatic heterocycles. The number of carbonyl (C=O) groups is 1. The SMILES string of the molecule is CCC(=O)c1ccc(Cc2nccn3c(-c4cn(C5CCC5)nc4C(F)(F)F)cnc23)cc1C. The zero-order chi connectivity index (χ0) is 24.0. The van der Waals surface area contributed by atoms with E-state index >= 15 is 0 Å². The third-order valence-corrected chi connectivity index (χ3v) is 6.51. The van der Waals surface area contributed by atoms with Crippen LogP contribution in [0.1, 0.15) is 71.5 Å². The van der Waals surface area contributed by atoms with Crippen molar-refractivity contribution in [2.24, 2.45) is 0 Å². The molecule has 6 nitrogen and oxygen atoms in total. The molecule has 1 aliphatic rings. The summed E-state index contributed by atoms with van der Waals surface area (Å²) in [6.07, 6.45) is 5.11. The zero-order valence-electron chi connectivity index (χ0n) is 18.9. The molecule has 1 aromatic carbocycles. The van der Waals surface area contributed by atoms with Gasteiger partial charge in [0.25, 0.3) is 0 Å². The van der Waals surface area contributed by atoms with Crippen molar-refractivity contribution in [2.75, 3.05) is 0 Å². The number of nitrogens with zero attached hydrogens (tertiary/aromatic N) is 5. The molecule has 34 heavy (non-hydrogen) atoms. The Morgan fingerprint density at radius 1 is 1.21 bits per heavy atom. The highest BCUT2D eigenvalue weighted by Crippen LogP contribution is 2.39. The molecular weight excluding hydrogens is 443 g/mol. The van der Waals surface area contributed by atoms with Gasteiger partial charge in [-0.1, -0.05) is 25.1 Å². The summed E-state index contributed by atoms with van der Waals surface area (Å²) in [5.74, 6) is 0.0880. The maximum atomic E-state index is 13.8. The molecule has 1 aliphatic carbocycles. The molecular formula is C25H24F3N5O. The molecule has 0 unspecified atom stereocenters. The standard InChI is InChI=1S/C25H24F3N5O/c1-3-22(34)18-8-7-16(11-15(18)2)12-20-24-30-13-21(32(24)10-9-29-20)19-14-33(17-5-4-6-17)31-23(19)25(26,27)28/h7-11,13-14,17H,3-6,12H2,1-2H3. The van der Waals surface area contributed by atoms with E-state index in [4.69, 9.17) is 0 Å². The summed E-state index contributed by atoms with van der Waals surface area (Å²) in [5.41, 5.74) is 3.12. The quantitative estimate of drug-likeness (QED) is 0.335. The lowest BCUT2D eigenvalue weighted by Gasteiger charge is -2.25. The van der Waals surface area contributed by atoms with Gasteiger partial charge in [0.2, 0.25) is 0 Å². The fourth-order valence-corrected chi connectivity index (χ4v) is 4.46. The lowest BCUT2D eigenvalue weighted by Crippen LogP contribution is -2.18. The molecule has 0 aliphatic heterocycles. The van der Waals surface area contributed by atoms with Gasteiger partial charge in [-0.3, -0.25) is 18.9 Å². The molecule has 0 saturated heterocycles. The summed E-state index contributed by atoms with van der Waals surface area (Å²) in [6, 6.07) is 5.66. The van der Waals surface area contributed by atoms with Crippen LogP contribution in [0.3, 0.4) is 0 Å². The van der Waals surface area contributed by atoms with Crippen LogP contribution in [-0.2, 0) is 12.6 Å². The monoisotopic (exact) mass is 467 g/mol. The molecule has 176 valence electrons. The molecule has 0 atom stereocenters. The summed E-state index contributed by atoms with van der Waals surface area (Å²) in [4.78, 5) is 20.9. The van der Waals surface area contributed by atoms with Gasteiger partial charge in [0.15, 0.2) is 17.1 Å². The predicted molar refractivity (Wildman–Crippen MR) is 121 cm³/mol. The van der Waals surface area contributed by atoms with Crippen LogP contribution in [0.5, 0.6) is 0 Å². The molecule has 0 N–H and O–H groups in total. The van der Waals surface area contributed by atoms with Crippen LogP contribution in [-0.4, -0.2) is 29.9 Å². The normalized spacial score (nSPS) is 14.5. The van der Waals surface area contributed by atoms with Crippen molar-refractivity contribution in [1.82, 2.24) is 24.1 Å². The maximum Gasteiger partial charge on any atom is 0.435 e. The van der Waals surface area contributed by atoms with Crippen LogP contribution in [0, 0.1) is 6.92 Å². The summed E-state index contributed by atoms with van der Waals surface area (Å²) in [7, 11) is 0. The Balaban J connectivity index is 1.53. The third-order valence-electron chi connectivity index (χ3n) is 6.51. The molecule has 0 bridgehead atoms. The number of hydrogen-bond acceptors (Lipinski definition) is 4. The Morgan fingerprint density at radius 3 is 2.65 bits per heavy atom. The molecule has 0 spiro atoms. The van der Waals surface area contributed by atoms with Crippen LogP contribution in [0.25, 0.3) is 16.9 Å². The highest BCUT2D eigenvalue weighted by Gasteiger charge is 2.39. The van der Waals surface area contributed by atoms with Crippen molar-refractivity contribution in [2.45, 2.75) is 58.2 Å². The van der Waals surface area contributed by atoms with E-state index in [1.165, 1.54) is 17.1 Å². The first-order valence-corrected chi connectivity index (χ1v) is 11.4. The Morgan fingerprint density at radius 2 is 2.00 bits per heavy atom. The van der Waals surface area contributed by atoms with Crippen molar-refractivity contribution in [3.63, 3.8) is 0 Å². The number of fused-ring (bicyclic) bond motifs is 1. The Bertz CT molecular complexity index is 1380. The van der Waals surface area contributed by atoms with Crippen LogP contribution in [0.4, 0.5) is 13.2 Å². The van der Waals surface area contributed by atoms with Gasteiger partial charge in [0.05, 0.1) is 29.2 Å². The van der Waals surface area contributed by atoms with E-state index in [0.29, 0.717) is 35.4 Å². The average Bonchev–Trinajstić information content (AvgIpc) is 3.37. The van der Waals surface area contributed by atoms with E-state index in [1.54, 1.807) is 16.8 Å². The van der Waals surface area contributed by atoms with Gasteiger partial charge in [0.1, 0.15) is 0 Å². The number of alkyl halides is 3. The number of aryl methyl sites for hydroxylation is 1. The summed E-state index contributed by atoms with van der Waals surface area (Å²) in [5, 5.41) is 3.90. The first-order valence-electron chi connectivity index (χ1n) is 11.4. The summed E-state index contributed by atoms with van der Waals surface area (Å²) in [6.45, 7) is 3.72. The molecule has 9 heteroatoms. The Hall–Kier alpha value is -3.49. The van der Waals surface area contributed by atoms with Gasteiger partial charge in [-0.15, -0.1) is 0 Å². The Labute approximate surface area is 194 Å². The maximum absolute atomic E-state index is 13.8.